The summed E-state index contributed by atoms with van der Waals surface area (Å²) in [5, 5.41) is 9.20. The minimum atomic E-state index is -2.97. The van der Waals surface area contributed by atoms with Gasteiger partial charge < -0.3 is 20.3 Å². The van der Waals surface area contributed by atoms with Gasteiger partial charge in [-0.25, -0.2) is 4.99 Å². The number of nitrogens with zero attached hydrogens (tertiary/aromatic N) is 2. The quantitative estimate of drug-likeness (QED) is 0.609. The lowest BCUT2D eigenvalue weighted by molar-refractivity contribution is -0.151. The molecule has 34 heavy (non-hydrogen) atoms. The fourth-order valence-electron chi connectivity index (χ4n) is 4.81. The Morgan fingerprint density at radius 2 is 1.91 bits per heavy atom. The Morgan fingerprint density at radius 1 is 1.24 bits per heavy atom. The first-order valence-electron chi connectivity index (χ1n) is 10.7. The van der Waals surface area contributed by atoms with E-state index in [2.05, 4.69) is 9.73 Å². The van der Waals surface area contributed by atoms with Crippen LogP contribution in [-0.2, 0) is 19.9 Å². The van der Waals surface area contributed by atoms with Crippen molar-refractivity contribution in [3.05, 3.63) is 65.2 Å². The number of aliphatic imine (C=N–C) groups is 1. The molecule has 10 heteroatoms. The number of alkyl halides is 2. The Labute approximate surface area is 195 Å². The molecule has 180 valence electrons. The van der Waals surface area contributed by atoms with E-state index in [1.165, 1.54) is 43.3 Å². The molecule has 4 rings (SSSR count). The zero-order valence-corrected chi connectivity index (χ0v) is 18.7. The molecular weight excluding hydrogens is 448 g/mol. The highest BCUT2D eigenvalue weighted by Gasteiger charge is 2.51. The number of amides is 1. The smallest absolute Gasteiger partial charge is 0.387 e. The van der Waals surface area contributed by atoms with Crippen molar-refractivity contribution < 1.29 is 33.0 Å². The highest BCUT2D eigenvalue weighted by molar-refractivity contribution is 6.08. The van der Waals surface area contributed by atoms with E-state index in [0.29, 0.717) is 24.0 Å². The molecule has 0 radical (unpaired) electrons. The van der Waals surface area contributed by atoms with Gasteiger partial charge in [0, 0.05) is 14.2 Å². The lowest BCUT2D eigenvalue weighted by atomic mass is 9.65. The minimum Gasteiger partial charge on any atom is -0.481 e. The summed E-state index contributed by atoms with van der Waals surface area (Å²) in [6.45, 7) is -2.97. The molecule has 2 aromatic carbocycles. The van der Waals surface area contributed by atoms with Gasteiger partial charge >= 0.3 is 12.6 Å². The first-order valence-corrected chi connectivity index (χ1v) is 10.7. The van der Waals surface area contributed by atoms with Crippen LogP contribution in [0.25, 0.3) is 0 Å². The third kappa shape index (κ3) is 3.98. The number of rotatable bonds is 8. The number of methoxy groups -OCH3 is 1. The predicted octanol–water partition coefficient (Wildman–Crippen LogP) is 3.06. The molecule has 1 aliphatic heterocycles. The number of aliphatic carboxylic acids is 1. The van der Waals surface area contributed by atoms with Gasteiger partial charge in [0.15, 0.2) is 11.5 Å². The fraction of sp³-hybridized carbons (Fsp3) is 0.375. The summed E-state index contributed by atoms with van der Waals surface area (Å²) in [5.41, 5.74) is 5.75. The van der Waals surface area contributed by atoms with E-state index in [1.807, 2.05) is 18.2 Å². The summed E-state index contributed by atoms with van der Waals surface area (Å²) in [6, 6.07) is 13.1. The maximum Gasteiger partial charge on any atom is 0.387 e. The maximum atomic E-state index is 13.4. The molecule has 2 aliphatic rings. The molecule has 2 aromatic rings. The highest BCUT2D eigenvalue weighted by Crippen LogP contribution is 2.50. The van der Waals surface area contributed by atoms with Crippen molar-refractivity contribution in [3.8, 4) is 5.75 Å². The van der Waals surface area contributed by atoms with Crippen molar-refractivity contribution in [3.63, 3.8) is 0 Å². The van der Waals surface area contributed by atoms with Gasteiger partial charge in [-0.05, 0) is 47.6 Å². The average Bonchev–Trinajstić information content (AvgIpc) is 3.01. The van der Waals surface area contributed by atoms with Crippen LogP contribution in [0.3, 0.4) is 0 Å². The molecule has 1 aliphatic carbocycles. The molecule has 1 saturated carbocycles. The molecule has 0 spiro atoms. The van der Waals surface area contributed by atoms with Crippen LogP contribution < -0.4 is 10.5 Å². The first kappa shape index (κ1) is 23.6. The third-order valence-electron chi connectivity index (χ3n) is 6.66. The van der Waals surface area contributed by atoms with Crippen LogP contribution >= 0.6 is 0 Å². The number of carboxylic acids is 1. The number of likely N-dealkylation sites (N-methyl/N-ethyl adjacent to an activating group) is 1. The van der Waals surface area contributed by atoms with Crippen molar-refractivity contribution in [1.29, 1.82) is 0 Å². The molecule has 1 amide bonds. The van der Waals surface area contributed by atoms with Crippen LogP contribution in [0.15, 0.2) is 53.5 Å². The van der Waals surface area contributed by atoms with Gasteiger partial charge in [-0.3, -0.25) is 14.5 Å². The fourth-order valence-corrected chi connectivity index (χ4v) is 4.81. The Kier molecular flexibility index (Phi) is 6.03. The Balaban J connectivity index is 1.71. The summed E-state index contributed by atoms with van der Waals surface area (Å²) >= 11 is 0. The van der Waals surface area contributed by atoms with Crippen molar-refractivity contribution in [2.45, 2.75) is 42.9 Å². The van der Waals surface area contributed by atoms with Gasteiger partial charge in [-0.2, -0.15) is 8.78 Å². The van der Waals surface area contributed by atoms with Crippen LogP contribution in [0, 0.1) is 0 Å². The van der Waals surface area contributed by atoms with Crippen LogP contribution in [0.2, 0.25) is 0 Å². The van der Waals surface area contributed by atoms with Crippen molar-refractivity contribution in [1.82, 2.24) is 4.90 Å². The van der Waals surface area contributed by atoms with Gasteiger partial charge in [0.05, 0.1) is 12.0 Å². The Bertz CT molecular complexity index is 1130. The van der Waals surface area contributed by atoms with E-state index in [0.717, 1.165) is 5.56 Å². The largest absolute Gasteiger partial charge is 0.481 e. The van der Waals surface area contributed by atoms with Crippen molar-refractivity contribution >= 4 is 17.8 Å². The van der Waals surface area contributed by atoms with Gasteiger partial charge in [-0.15, -0.1) is 0 Å². The van der Waals surface area contributed by atoms with E-state index >= 15 is 0 Å². The standard InChI is InChI=1S/C24H25F2N3O5/c1-29-20(32)24(28-22(29)27,16-6-8-18(9-7-16)34-21(25)26)17-5-3-4-14(10-17)15-11-23(12-15,33-2)13-19(30)31/h3-10,15,21H,11-13H2,1-2H3,(H2,27,28)(H,30,31). The molecule has 1 atom stereocenters. The number of carbonyl (C=O) groups excluding carboxylic acids is 1. The number of guanidine groups is 1. The topological polar surface area (TPSA) is 114 Å². The number of carboxylic acid groups (broad SMARTS) is 1. The Hall–Kier alpha value is -3.53. The summed E-state index contributed by atoms with van der Waals surface area (Å²) in [7, 11) is 3.03. The molecule has 1 unspecified atom stereocenters. The number of benzene rings is 2. The Morgan fingerprint density at radius 3 is 2.44 bits per heavy atom. The summed E-state index contributed by atoms with van der Waals surface area (Å²) in [6.07, 6.45) is 0.983. The molecule has 3 N–H and O–H groups in total. The van der Waals surface area contributed by atoms with Gasteiger partial charge in [-0.1, -0.05) is 36.4 Å². The number of carbonyl (C=O) groups is 2. The molecule has 0 bridgehead atoms. The van der Waals surface area contributed by atoms with Crippen molar-refractivity contribution in [2.24, 2.45) is 10.7 Å². The second kappa shape index (κ2) is 8.68. The van der Waals surface area contributed by atoms with Gasteiger partial charge in [0.2, 0.25) is 0 Å². The normalized spacial score (nSPS) is 26.4. The molecular formula is C24H25F2N3O5. The third-order valence-corrected chi connectivity index (χ3v) is 6.66. The SMILES string of the molecule is COC1(CC(=O)O)CC(c2cccc(C3(c4ccc(OC(F)F)cc4)N=C(N)N(C)C3=O)c2)C1. The second-order valence-corrected chi connectivity index (χ2v) is 8.64. The van der Waals surface area contributed by atoms with E-state index in [4.69, 9.17) is 10.5 Å². The van der Waals surface area contributed by atoms with E-state index in [1.54, 1.807) is 6.07 Å². The number of hydrogen-bond acceptors (Lipinski definition) is 6. The predicted molar refractivity (Wildman–Crippen MR) is 119 cm³/mol. The molecule has 1 heterocycles. The number of nitrogens with two attached hydrogens (primary N) is 1. The lowest BCUT2D eigenvalue weighted by Crippen LogP contribution is -2.46. The zero-order valence-electron chi connectivity index (χ0n) is 18.7. The first-order chi connectivity index (χ1) is 16.1. The summed E-state index contributed by atoms with van der Waals surface area (Å²) in [4.78, 5) is 30.4. The highest BCUT2D eigenvalue weighted by atomic mass is 19.3. The van der Waals surface area contributed by atoms with Gasteiger partial charge in [0.1, 0.15) is 5.75 Å². The summed E-state index contributed by atoms with van der Waals surface area (Å²) < 4.78 is 35.1. The van der Waals surface area contributed by atoms with Crippen LogP contribution in [0.5, 0.6) is 5.75 Å². The van der Waals surface area contributed by atoms with Crippen LogP contribution in [-0.4, -0.2) is 54.2 Å². The molecule has 0 saturated heterocycles. The average molecular weight is 473 g/mol. The second-order valence-electron chi connectivity index (χ2n) is 8.64. The minimum absolute atomic E-state index is 0.0341. The monoisotopic (exact) mass is 473 g/mol. The molecule has 8 nitrogen and oxygen atoms in total. The zero-order chi connectivity index (χ0) is 24.7. The number of hydrogen-bond donors (Lipinski definition) is 2. The lowest BCUT2D eigenvalue weighted by Gasteiger charge is -2.46. The van der Waals surface area contributed by atoms with E-state index in [-0.39, 0.29) is 30.0 Å². The molecule has 0 aromatic heterocycles. The van der Waals surface area contributed by atoms with Crippen molar-refractivity contribution in [2.75, 3.05) is 14.2 Å². The van der Waals surface area contributed by atoms with E-state index < -0.39 is 23.7 Å². The maximum absolute atomic E-state index is 13.4. The van der Waals surface area contributed by atoms with Gasteiger partial charge in [0.25, 0.3) is 5.91 Å². The van der Waals surface area contributed by atoms with E-state index in [9.17, 15) is 23.5 Å². The molecule has 1 fully saturated rings. The number of halogens is 2. The number of ether oxygens (including phenoxy) is 2. The van der Waals surface area contributed by atoms with Crippen LogP contribution in [0.1, 0.15) is 41.9 Å². The summed E-state index contributed by atoms with van der Waals surface area (Å²) in [5.74, 6) is -1.25. The van der Waals surface area contributed by atoms with Crippen LogP contribution in [0.4, 0.5) is 8.78 Å².